The largest absolute Gasteiger partial charge is 0.342 e. The number of nitrogens with zero attached hydrogens (tertiary/aromatic N) is 1. The third-order valence-corrected chi connectivity index (χ3v) is 4.94. The first-order valence-electron chi connectivity index (χ1n) is 7.62. The predicted molar refractivity (Wildman–Crippen MR) is 74.1 cm³/mol. The molecule has 2 fully saturated rings. The lowest BCUT2D eigenvalue weighted by Crippen LogP contribution is -2.48. The standard InChI is InChI=1S/C15H28N2O/c1-11-6-5-7-12(10-11)17(2)15(18)13-8-3-4-9-14(13)16/h11-14H,3-10,16H2,1-2H3. The molecule has 0 aromatic carbocycles. The Labute approximate surface area is 111 Å². The van der Waals surface area contributed by atoms with Gasteiger partial charge in [-0.2, -0.15) is 0 Å². The second-order valence-corrected chi connectivity index (χ2v) is 6.43. The van der Waals surface area contributed by atoms with Gasteiger partial charge < -0.3 is 10.6 Å². The number of rotatable bonds is 2. The number of amides is 1. The van der Waals surface area contributed by atoms with E-state index in [2.05, 4.69) is 6.92 Å². The molecule has 0 radical (unpaired) electrons. The lowest BCUT2D eigenvalue weighted by molar-refractivity contribution is -0.138. The summed E-state index contributed by atoms with van der Waals surface area (Å²) in [4.78, 5) is 14.6. The number of hydrogen-bond donors (Lipinski definition) is 1. The van der Waals surface area contributed by atoms with Crippen molar-refractivity contribution < 1.29 is 4.79 Å². The van der Waals surface area contributed by atoms with Crippen molar-refractivity contribution in [3.63, 3.8) is 0 Å². The highest BCUT2D eigenvalue weighted by molar-refractivity contribution is 5.79. The van der Waals surface area contributed by atoms with Gasteiger partial charge in [0.2, 0.25) is 5.91 Å². The zero-order valence-electron chi connectivity index (χ0n) is 11.9. The maximum atomic E-state index is 12.6. The quantitative estimate of drug-likeness (QED) is 0.821. The van der Waals surface area contributed by atoms with Crippen LogP contribution in [0.4, 0.5) is 0 Å². The van der Waals surface area contributed by atoms with Gasteiger partial charge in [-0.25, -0.2) is 0 Å². The summed E-state index contributed by atoms with van der Waals surface area (Å²) in [7, 11) is 1.99. The number of carbonyl (C=O) groups excluding carboxylic acids is 1. The molecule has 0 heterocycles. The van der Waals surface area contributed by atoms with Gasteiger partial charge in [-0.1, -0.05) is 32.6 Å². The van der Waals surface area contributed by atoms with Crippen molar-refractivity contribution >= 4 is 5.91 Å². The molecule has 2 aliphatic carbocycles. The average molecular weight is 252 g/mol. The Hall–Kier alpha value is -0.570. The van der Waals surface area contributed by atoms with Crippen LogP contribution in [0.3, 0.4) is 0 Å². The maximum absolute atomic E-state index is 12.6. The van der Waals surface area contributed by atoms with Gasteiger partial charge in [-0.3, -0.25) is 4.79 Å². The Morgan fingerprint density at radius 2 is 1.83 bits per heavy atom. The van der Waals surface area contributed by atoms with Gasteiger partial charge in [-0.15, -0.1) is 0 Å². The van der Waals surface area contributed by atoms with Crippen LogP contribution in [0.1, 0.15) is 58.3 Å². The van der Waals surface area contributed by atoms with Gasteiger partial charge >= 0.3 is 0 Å². The third-order valence-electron chi connectivity index (χ3n) is 4.94. The first kappa shape index (κ1) is 13.9. The van der Waals surface area contributed by atoms with E-state index in [9.17, 15) is 4.79 Å². The Bertz CT molecular complexity index is 292. The van der Waals surface area contributed by atoms with Crippen LogP contribution in [0.5, 0.6) is 0 Å². The van der Waals surface area contributed by atoms with E-state index in [0.717, 1.165) is 18.8 Å². The fourth-order valence-corrected chi connectivity index (χ4v) is 3.66. The van der Waals surface area contributed by atoms with E-state index in [0.29, 0.717) is 11.9 Å². The Balaban J connectivity index is 1.94. The van der Waals surface area contributed by atoms with Crippen LogP contribution in [-0.2, 0) is 4.79 Å². The highest BCUT2D eigenvalue weighted by atomic mass is 16.2. The van der Waals surface area contributed by atoms with Crippen molar-refractivity contribution in [1.82, 2.24) is 4.90 Å². The van der Waals surface area contributed by atoms with E-state index in [-0.39, 0.29) is 12.0 Å². The molecule has 0 aromatic rings. The first-order valence-corrected chi connectivity index (χ1v) is 7.62. The Morgan fingerprint density at radius 3 is 2.50 bits per heavy atom. The molecule has 2 N–H and O–H groups in total. The van der Waals surface area contributed by atoms with Crippen LogP contribution in [0, 0.1) is 11.8 Å². The molecule has 0 aromatic heterocycles. The maximum Gasteiger partial charge on any atom is 0.227 e. The molecule has 0 saturated heterocycles. The molecule has 0 spiro atoms. The van der Waals surface area contributed by atoms with Crippen molar-refractivity contribution in [3.05, 3.63) is 0 Å². The van der Waals surface area contributed by atoms with E-state index in [1.54, 1.807) is 0 Å². The second kappa shape index (κ2) is 6.05. The van der Waals surface area contributed by atoms with Gasteiger partial charge in [0.15, 0.2) is 0 Å². The van der Waals surface area contributed by atoms with E-state index < -0.39 is 0 Å². The summed E-state index contributed by atoms with van der Waals surface area (Å²) in [6.07, 6.45) is 9.30. The van der Waals surface area contributed by atoms with Crippen molar-refractivity contribution in [1.29, 1.82) is 0 Å². The summed E-state index contributed by atoms with van der Waals surface area (Å²) in [6.45, 7) is 2.30. The van der Waals surface area contributed by atoms with Gasteiger partial charge in [0.25, 0.3) is 0 Å². The predicted octanol–water partition coefficient (Wildman–Crippen LogP) is 2.54. The van der Waals surface area contributed by atoms with Crippen LogP contribution in [0.2, 0.25) is 0 Å². The molecule has 2 aliphatic rings. The molecule has 104 valence electrons. The van der Waals surface area contributed by atoms with Crippen molar-refractivity contribution in [3.8, 4) is 0 Å². The zero-order valence-corrected chi connectivity index (χ0v) is 11.9. The third kappa shape index (κ3) is 3.05. The highest BCUT2D eigenvalue weighted by Crippen LogP contribution is 2.30. The summed E-state index contributed by atoms with van der Waals surface area (Å²) in [5, 5.41) is 0. The Morgan fingerprint density at radius 1 is 1.11 bits per heavy atom. The average Bonchev–Trinajstić information content (AvgIpc) is 2.37. The molecule has 4 atom stereocenters. The minimum absolute atomic E-state index is 0.0842. The molecule has 4 unspecified atom stereocenters. The van der Waals surface area contributed by atoms with Gasteiger partial charge in [0, 0.05) is 19.1 Å². The number of carbonyl (C=O) groups is 1. The summed E-state index contributed by atoms with van der Waals surface area (Å²) >= 11 is 0. The molecule has 1 amide bonds. The van der Waals surface area contributed by atoms with Crippen molar-refractivity contribution in [2.24, 2.45) is 17.6 Å². The number of hydrogen-bond acceptors (Lipinski definition) is 2. The summed E-state index contributed by atoms with van der Waals surface area (Å²) in [5.41, 5.74) is 6.13. The van der Waals surface area contributed by atoms with E-state index in [1.807, 2.05) is 11.9 Å². The number of nitrogens with two attached hydrogens (primary N) is 1. The van der Waals surface area contributed by atoms with Crippen molar-refractivity contribution in [2.45, 2.75) is 70.4 Å². The monoisotopic (exact) mass is 252 g/mol. The second-order valence-electron chi connectivity index (χ2n) is 6.43. The fourth-order valence-electron chi connectivity index (χ4n) is 3.66. The lowest BCUT2D eigenvalue weighted by atomic mass is 9.82. The molecule has 2 rings (SSSR count). The lowest BCUT2D eigenvalue weighted by Gasteiger charge is -2.38. The smallest absolute Gasteiger partial charge is 0.227 e. The highest BCUT2D eigenvalue weighted by Gasteiger charge is 2.33. The SMILES string of the molecule is CC1CCCC(N(C)C(=O)C2CCCCC2N)C1. The molecule has 3 heteroatoms. The van der Waals surface area contributed by atoms with Crippen LogP contribution >= 0.6 is 0 Å². The zero-order chi connectivity index (χ0) is 13.1. The van der Waals surface area contributed by atoms with Crippen LogP contribution in [0.25, 0.3) is 0 Å². The van der Waals surface area contributed by atoms with Gasteiger partial charge in [-0.05, 0) is 31.6 Å². The van der Waals surface area contributed by atoms with E-state index in [4.69, 9.17) is 5.73 Å². The fraction of sp³-hybridized carbons (Fsp3) is 0.933. The van der Waals surface area contributed by atoms with Crippen LogP contribution in [0.15, 0.2) is 0 Å². The first-order chi connectivity index (χ1) is 8.59. The van der Waals surface area contributed by atoms with E-state index in [1.165, 1.54) is 38.5 Å². The van der Waals surface area contributed by atoms with Gasteiger partial charge in [0.1, 0.15) is 0 Å². The minimum Gasteiger partial charge on any atom is -0.342 e. The topological polar surface area (TPSA) is 46.3 Å². The molecule has 0 bridgehead atoms. The molecular weight excluding hydrogens is 224 g/mol. The molecule has 18 heavy (non-hydrogen) atoms. The van der Waals surface area contributed by atoms with Crippen LogP contribution in [-0.4, -0.2) is 29.9 Å². The van der Waals surface area contributed by atoms with E-state index >= 15 is 0 Å². The minimum atomic E-state index is 0.0842. The summed E-state index contributed by atoms with van der Waals surface area (Å²) in [6, 6.07) is 0.546. The summed E-state index contributed by atoms with van der Waals surface area (Å²) < 4.78 is 0. The Kier molecular flexibility index (Phi) is 4.66. The molecule has 2 saturated carbocycles. The normalized spacial score (nSPS) is 37.3. The molecule has 3 nitrogen and oxygen atoms in total. The van der Waals surface area contributed by atoms with Gasteiger partial charge in [0.05, 0.1) is 5.92 Å². The molecule has 0 aliphatic heterocycles. The van der Waals surface area contributed by atoms with Crippen LogP contribution < -0.4 is 5.73 Å². The summed E-state index contributed by atoms with van der Waals surface area (Å²) in [5.74, 6) is 1.15. The molecular formula is C15H28N2O. The van der Waals surface area contributed by atoms with Crippen molar-refractivity contribution in [2.75, 3.05) is 7.05 Å².